The van der Waals surface area contributed by atoms with Gasteiger partial charge in [0.25, 0.3) is 0 Å². The van der Waals surface area contributed by atoms with Crippen LogP contribution in [0.3, 0.4) is 0 Å². The van der Waals surface area contributed by atoms with Gasteiger partial charge in [0.15, 0.2) is 5.78 Å². The Bertz CT molecular complexity index is 739. The Labute approximate surface area is 125 Å². The SMILES string of the molecule is COc1cc2c(cc1NC(C)=CC(C)=O)c(C)c(C)n2C. The number of fused-ring (bicyclic) bond motifs is 1. The zero-order valence-electron chi connectivity index (χ0n) is 13.5. The van der Waals surface area contributed by atoms with Gasteiger partial charge < -0.3 is 14.6 Å². The summed E-state index contributed by atoms with van der Waals surface area (Å²) in [6.07, 6.45) is 1.58. The van der Waals surface area contributed by atoms with Crippen LogP contribution in [-0.4, -0.2) is 17.5 Å². The van der Waals surface area contributed by atoms with Gasteiger partial charge in [-0.3, -0.25) is 4.79 Å². The lowest BCUT2D eigenvalue weighted by Gasteiger charge is -2.12. The lowest BCUT2D eigenvalue weighted by molar-refractivity contribution is -0.112. The highest BCUT2D eigenvalue weighted by atomic mass is 16.5. The van der Waals surface area contributed by atoms with Gasteiger partial charge in [0.2, 0.25) is 0 Å². The van der Waals surface area contributed by atoms with E-state index in [-0.39, 0.29) is 5.78 Å². The standard InChI is InChI=1S/C17H22N2O2/c1-10(7-11(2)20)18-15-8-14-12(3)13(4)19(5)16(14)9-17(15)21-6/h7-9,18H,1-6H3. The number of benzene rings is 1. The van der Waals surface area contributed by atoms with Crippen molar-refractivity contribution < 1.29 is 9.53 Å². The average molecular weight is 286 g/mol. The van der Waals surface area contributed by atoms with E-state index in [4.69, 9.17) is 4.74 Å². The maximum Gasteiger partial charge on any atom is 0.154 e. The highest BCUT2D eigenvalue weighted by Gasteiger charge is 2.13. The van der Waals surface area contributed by atoms with Gasteiger partial charge in [-0.15, -0.1) is 0 Å². The molecule has 2 rings (SSSR count). The normalized spacial score (nSPS) is 11.8. The number of anilines is 1. The lowest BCUT2D eigenvalue weighted by atomic mass is 10.1. The number of allylic oxidation sites excluding steroid dienone is 2. The summed E-state index contributed by atoms with van der Waals surface area (Å²) < 4.78 is 7.64. The maximum absolute atomic E-state index is 11.2. The van der Waals surface area contributed by atoms with Gasteiger partial charge in [0.1, 0.15) is 5.75 Å². The number of nitrogens with zero attached hydrogens (tertiary/aromatic N) is 1. The zero-order chi connectivity index (χ0) is 15.7. The summed E-state index contributed by atoms with van der Waals surface area (Å²) >= 11 is 0. The number of hydrogen-bond donors (Lipinski definition) is 1. The van der Waals surface area contributed by atoms with Crippen molar-refractivity contribution in [2.24, 2.45) is 7.05 Å². The molecule has 0 saturated carbocycles. The quantitative estimate of drug-likeness (QED) is 0.871. The molecule has 0 atom stereocenters. The van der Waals surface area contributed by atoms with Gasteiger partial charge in [-0.05, 0) is 45.4 Å². The smallest absolute Gasteiger partial charge is 0.154 e. The molecule has 1 aromatic carbocycles. The van der Waals surface area contributed by atoms with Crippen LogP contribution in [0.15, 0.2) is 23.9 Å². The number of ether oxygens (including phenoxy) is 1. The van der Waals surface area contributed by atoms with E-state index >= 15 is 0 Å². The molecule has 0 aliphatic heterocycles. The molecule has 0 bridgehead atoms. The summed E-state index contributed by atoms with van der Waals surface area (Å²) in [6, 6.07) is 4.10. The third-order valence-electron chi connectivity index (χ3n) is 3.88. The van der Waals surface area contributed by atoms with Crippen LogP contribution < -0.4 is 10.1 Å². The van der Waals surface area contributed by atoms with Crippen molar-refractivity contribution in [3.8, 4) is 5.75 Å². The van der Waals surface area contributed by atoms with Crippen molar-refractivity contribution in [3.05, 3.63) is 35.2 Å². The fraction of sp³-hybridized carbons (Fsp3) is 0.353. The summed E-state index contributed by atoms with van der Waals surface area (Å²) in [6.45, 7) is 7.63. The molecule has 4 nitrogen and oxygen atoms in total. The highest BCUT2D eigenvalue weighted by molar-refractivity contribution is 5.92. The number of aryl methyl sites for hydroxylation is 2. The van der Waals surface area contributed by atoms with Crippen LogP contribution in [0.4, 0.5) is 5.69 Å². The van der Waals surface area contributed by atoms with E-state index in [2.05, 4.69) is 36.8 Å². The second-order valence-electron chi connectivity index (χ2n) is 5.40. The largest absolute Gasteiger partial charge is 0.494 e. The zero-order valence-corrected chi connectivity index (χ0v) is 13.5. The molecule has 112 valence electrons. The van der Waals surface area contributed by atoms with Crippen LogP contribution in [0.25, 0.3) is 10.9 Å². The maximum atomic E-state index is 11.2. The van der Waals surface area contributed by atoms with Gasteiger partial charge in [0, 0.05) is 29.9 Å². The molecule has 0 aliphatic rings. The molecule has 2 aromatic rings. The molecule has 0 radical (unpaired) electrons. The molecule has 1 N–H and O–H groups in total. The van der Waals surface area contributed by atoms with Gasteiger partial charge >= 0.3 is 0 Å². The topological polar surface area (TPSA) is 43.3 Å². The number of aromatic nitrogens is 1. The second-order valence-corrected chi connectivity index (χ2v) is 5.40. The van der Waals surface area contributed by atoms with E-state index in [1.54, 1.807) is 13.2 Å². The highest BCUT2D eigenvalue weighted by Crippen LogP contribution is 2.34. The van der Waals surface area contributed by atoms with Gasteiger partial charge in [0.05, 0.1) is 18.3 Å². The third-order valence-corrected chi connectivity index (χ3v) is 3.88. The summed E-state index contributed by atoms with van der Waals surface area (Å²) in [4.78, 5) is 11.2. The Morgan fingerprint density at radius 3 is 2.52 bits per heavy atom. The first kappa shape index (κ1) is 15.2. The third kappa shape index (κ3) is 2.79. The fourth-order valence-corrected chi connectivity index (χ4v) is 2.59. The van der Waals surface area contributed by atoms with Crippen LogP contribution in [0, 0.1) is 13.8 Å². The van der Waals surface area contributed by atoms with Gasteiger partial charge in [-0.1, -0.05) is 0 Å². The predicted octanol–water partition coefficient (Wildman–Crippen LogP) is 3.71. The number of carbonyl (C=O) groups is 1. The van der Waals surface area contributed by atoms with Crippen LogP contribution >= 0.6 is 0 Å². The molecule has 21 heavy (non-hydrogen) atoms. The number of methoxy groups -OCH3 is 1. The molecule has 0 aliphatic carbocycles. The van der Waals surface area contributed by atoms with Crippen LogP contribution in [0.5, 0.6) is 5.75 Å². The Morgan fingerprint density at radius 1 is 1.29 bits per heavy atom. The van der Waals surface area contributed by atoms with E-state index in [1.165, 1.54) is 23.6 Å². The van der Waals surface area contributed by atoms with Crippen molar-refractivity contribution in [2.45, 2.75) is 27.7 Å². The molecule has 0 spiro atoms. The summed E-state index contributed by atoms with van der Waals surface area (Å²) in [5.41, 5.74) is 5.30. The van der Waals surface area contributed by atoms with Crippen LogP contribution in [-0.2, 0) is 11.8 Å². The minimum Gasteiger partial charge on any atom is -0.494 e. The molecule has 0 unspecified atom stereocenters. The summed E-state index contributed by atoms with van der Waals surface area (Å²) in [5, 5.41) is 4.44. The predicted molar refractivity (Wildman–Crippen MR) is 87.0 cm³/mol. The second kappa shape index (κ2) is 5.64. The molecule has 0 amide bonds. The van der Waals surface area contributed by atoms with E-state index in [0.717, 1.165) is 22.7 Å². The van der Waals surface area contributed by atoms with Crippen LogP contribution in [0.1, 0.15) is 25.1 Å². The average Bonchev–Trinajstić information content (AvgIpc) is 2.62. The van der Waals surface area contributed by atoms with E-state index in [1.807, 2.05) is 13.0 Å². The van der Waals surface area contributed by atoms with E-state index < -0.39 is 0 Å². The minimum atomic E-state index is 0.0202. The Hall–Kier alpha value is -2.23. The molecule has 1 heterocycles. The molecule has 1 aromatic heterocycles. The molecule has 4 heteroatoms. The Balaban J connectivity index is 2.58. The van der Waals surface area contributed by atoms with Crippen molar-refractivity contribution in [1.82, 2.24) is 4.57 Å². The number of ketones is 1. The monoisotopic (exact) mass is 286 g/mol. The molecular formula is C17H22N2O2. The lowest BCUT2D eigenvalue weighted by Crippen LogP contribution is -2.01. The van der Waals surface area contributed by atoms with Crippen molar-refractivity contribution >= 4 is 22.4 Å². The molecule has 0 saturated heterocycles. The summed E-state index contributed by atoms with van der Waals surface area (Å²) in [7, 11) is 3.71. The Morgan fingerprint density at radius 2 is 1.95 bits per heavy atom. The fourth-order valence-electron chi connectivity index (χ4n) is 2.59. The van der Waals surface area contributed by atoms with E-state index in [9.17, 15) is 4.79 Å². The number of nitrogens with one attached hydrogen (secondary N) is 1. The van der Waals surface area contributed by atoms with Crippen LogP contribution in [0.2, 0.25) is 0 Å². The first-order chi connectivity index (χ1) is 9.85. The van der Waals surface area contributed by atoms with Gasteiger partial charge in [-0.25, -0.2) is 0 Å². The first-order valence-electron chi connectivity index (χ1n) is 6.94. The first-order valence-corrected chi connectivity index (χ1v) is 6.94. The minimum absolute atomic E-state index is 0.0202. The number of hydrogen-bond acceptors (Lipinski definition) is 3. The van der Waals surface area contributed by atoms with Gasteiger partial charge in [-0.2, -0.15) is 0 Å². The van der Waals surface area contributed by atoms with E-state index in [0.29, 0.717) is 0 Å². The van der Waals surface area contributed by atoms with Crippen molar-refractivity contribution in [1.29, 1.82) is 0 Å². The number of carbonyl (C=O) groups excluding carboxylic acids is 1. The Kier molecular flexibility index (Phi) is 4.07. The molecular weight excluding hydrogens is 264 g/mol. The molecule has 0 fully saturated rings. The number of rotatable bonds is 4. The van der Waals surface area contributed by atoms with Crippen molar-refractivity contribution in [3.63, 3.8) is 0 Å². The van der Waals surface area contributed by atoms with Crippen molar-refractivity contribution in [2.75, 3.05) is 12.4 Å². The summed E-state index contributed by atoms with van der Waals surface area (Å²) in [5.74, 6) is 0.784.